The van der Waals surface area contributed by atoms with Crippen molar-refractivity contribution in [2.75, 3.05) is 12.9 Å². The van der Waals surface area contributed by atoms with Crippen LogP contribution in [0.15, 0.2) is 12.3 Å². The summed E-state index contributed by atoms with van der Waals surface area (Å²) in [6.45, 7) is 3.82. The van der Waals surface area contributed by atoms with Crippen LogP contribution in [-0.4, -0.2) is 33.4 Å². The zero-order chi connectivity index (χ0) is 14.0. The lowest BCUT2D eigenvalue weighted by Gasteiger charge is -2.15. The number of nitrogens with zero attached hydrogens (tertiary/aromatic N) is 3. The van der Waals surface area contributed by atoms with Gasteiger partial charge in [-0.2, -0.15) is 0 Å². The van der Waals surface area contributed by atoms with E-state index in [9.17, 15) is 4.79 Å². The molecule has 0 aromatic carbocycles. The molecule has 0 aliphatic heterocycles. The first-order valence-corrected chi connectivity index (χ1v) is 6.73. The Bertz CT molecular complexity index is 608. The number of halogens is 1. The summed E-state index contributed by atoms with van der Waals surface area (Å²) in [5, 5.41) is 2.65. The number of hydrogen-bond acceptors (Lipinski definition) is 3. The molecule has 5 nitrogen and oxygen atoms in total. The van der Waals surface area contributed by atoms with Gasteiger partial charge in [0.05, 0.1) is 0 Å². The van der Waals surface area contributed by atoms with Crippen LogP contribution in [-0.2, 0) is 11.2 Å². The molecule has 0 aliphatic rings. The molecule has 2 aromatic rings. The predicted molar refractivity (Wildman–Crippen MR) is 75.5 cm³/mol. The Labute approximate surface area is 117 Å². The molecular formula is C13H17ClN4O. The van der Waals surface area contributed by atoms with Gasteiger partial charge in [0, 0.05) is 25.5 Å². The van der Waals surface area contributed by atoms with Gasteiger partial charge in [-0.25, -0.2) is 9.97 Å². The van der Waals surface area contributed by atoms with E-state index in [4.69, 9.17) is 11.6 Å². The number of rotatable bonds is 4. The fourth-order valence-electron chi connectivity index (χ4n) is 2.15. The van der Waals surface area contributed by atoms with Crippen molar-refractivity contribution < 1.29 is 4.79 Å². The highest BCUT2D eigenvalue weighted by Gasteiger charge is 2.21. The number of aryl methyl sites for hydroxylation is 2. The molecule has 0 bridgehead atoms. The summed E-state index contributed by atoms with van der Waals surface area (Å²) < 4.78 is 1.86. The summed E-state index contributed by atoms with van der Waals surface area (Å²) >= 11 is 5.82. The molecule has 1 N–H and O–H groups in total. The molecule has 0 fully saturated rings. The van der Waals surface area contributed by atoms with Crippen LogP contribution in [0.4, 0.5) is 0 Å². The molecular weight excluding hydrogens is 264 g/mol. The summed E-state index contributed by atoms with van der Waals surface area (Å²) in [4.78, 5) is 20.8. The van der Waals surface area contributed by atoms with Crippen LogP contribution in [0, 0.1) is 6.92 Å². The molecule has 2 heterocycles. The third kappa shape index (κ3) is 2.42. The maximum atomic E-state index is 11.9. The van der Waals surface area contributed by atoms with Gasteiger partial charge in [0.15, 0.2) is 5.65 Å². The van der Waals surface area contributed by atoms with Gasteiger partial charge < -0.3 is 9.88 Å². The first kappa shape index (κ1) is 13.8. The van der Waals surface area contributed by atoms with Crippen molar-refractivity contribution in [3.8, 4) is 0 Å². The van der Waals surface area contributed by atoms with Crippen LogP contribution < -0.4 is 5.32 Å². The molecule has 1 atom stereocenters. The molecule has 2 aromatic heterocycles. The number of imidazole rings is 1. The molecule has 0 spiro atoms. The Balaban J connectivity index is 2.64. The summed E-state index contributed by atoms with van der Waals surface area (Å²) in [6.07, 6.45) is 2.34. The van der Waals surface area contributed by atoms with Gasteiger partial charge in [-0.3, -0.25) is 4.79 Å². The SMILES string of the molecule is CNC(=O)C(C)n1c(CCCl)nc2c(C)ccnc21. The lowest BCUT2D eigenvalue weighted by atomic mass is 10.2. The lowest BCUT2D eigenvalue weighted by Crippen LogP contribution is -2.29. The highest BCUT2D eigenvalue weighted by molar-refractivity contribution is 6.17. The van der Waals surface area contributed by atoms with E-state index in [1.165, 1.54) is 0 Å². The quantitative estimate of drug-likeness (QED) is 0.869. The van der Waals surface area contributed by atoms with Crippen LogP contribution in [0.3, 0.4) is 0 Å². The van der Waals surface area contributed by atoms with Gasteiger partial charge >= 0.3 is 0 Å². The average Bonchev–Trinajstić information content (AvgIpc) is 2.77. The fraction of sp³-hybridized carbons (Fsp3) is 0.462. The van der Waals surface area contributed by atoms with Gasteiger partial charge in [-0.1, -0.05) is 0 Å². The molecule has 1 unspecified atom stereocenters. The smallest absolute Gasteiger partial charge is 0.242 e. The van der Waals surface area contributed by atoms with Gasteiger partial charge in [0.1, 0.15) is 17.4 Å². The maximum Gasteiger partial charge on any atom is 0.242 e. The van der Waals surface area contributed by atoms with Crippen LogP contribution in [0.5, 0.6) is 0 Å². The summed E-state index contributed by atoms with van der Waals surface area (Å²) in [7, 11) is 1.62. The van der Waals surface area contributed by atoms with Crippen LogP contribution in [0.2, 0.25) is 0 Å². The highest BCUT2D eigenvalue weighted by Crippen LogP contribution is 2.22. The van der Waals surface area contributed by atoms with Crippen LogP contribution in [0.25, 0.3) is 11.2 Å². The maximum absolute atomic E-state index is 11.9. The Morgan fingerprint density at radius 3 is 2.95 bits per heavy atom. The van der Waals surface area contributed by atoms with Crippen LogP contribution in [0.1, 0.15) is 24.4 Å². The van der Waals surface area contributed by atoms with E-state index in [2.05, 4.69) is 15.3 Å². The van der Waals surface area contributed by atoms with Crippen molar-refractivity contribution in [1.29, 1.82) is 0 Å². The molecule has 102 valence electrons. The van der Waals surface area contributed by atoms with Gasteiger partial charge in [0.2, 0.25) is 5.91 Å². The topological polar surface area (TPSA) is 59.8 Å². The number of carbonyl (C=O) groups excluding carboxylic acids is 1. The summed E-state index contributed by atoms with van der Waals surface area (Å²) in [5.41, 5.74) is 2.61. The van der Waals surface area contributed by atoms with Crippen LogP contribution >= 0.6 is 11.6 Å². The second kappa shape index (κ2) is 5.57. The molecule has 1 amide bonds. The number of aromatic nitrogens is 3. The number of hydrogen-bond donors (Lipinski definition) is 1. The largest absolute Gasteiger partial charge is 0.357 e. The lowest BCUT2D eigenvalue weighted by molar-refractivity contribution is -0.123. The Morgan fingerprint density at radius 1 is 1.58 bits per heavy atom. The van der Waals surface area contributed by atoms with E-state index in [0.29, 0.717) is 12.3 Å². The third-order valence-electron chi connectivity index (χ3n) is 3.19. The minimum absolute atomic E-state index is 0.0709. The number of pyridine rings is 1. The number of likely N-dealkylation sites (N-methyl/N-ethyl adjacent to an activating group) is 1. The van der Waals surface area contributed by atoms with E-state index >= 15 is 0 Å². The van der Waals surface area contributed by atoms with Gasteiger partial charge in [-0.15, -0.1) is 11.6 Å². The zero-order valence-electron chi connectivity index (χ0n) is 11.3. The molecule has 0 radical (unpaired) electrons. The molecule has 0 aliphatic carbocycles. The summed E-state index contributed by atoms with van der Waals surface area (Å²) in [6, 6.07) is 1.55. The van der Waals surface area contributed by atoms with E-state index < -0.39 is 0 Å². The van der Waals surface area contributed by atoms with Crippen molar-refractivity contribution in [3.05, 3.63) is 23.7 Å². The number of alkyl halides is 1. The first-order valence-electron chi connectivity index (χ1n) is 6.20. The minimum atomic E-state index is -0.359. The van der Waals surface area contributed by atoms with Crippen molar-refractivity contribution >= 4 is 28.7 Å². The number of carbonyl (C=O) groups is 1. The Kier molecular flexibility index (Phi) is 4.04. The number of fused-ring (bicyclic) bond motifs is 1. The van der Waals surface area contributed by atoms with E-state index in [1.54, 1.807) is 13.2 Å². The first-order chi connectivity index (χ1) is 9.10. The van der Waals surface area contributed by atoms with Crippen molar-refractivity contribution in [2.24, 2.45) is 0 Å². The van der Waals surface area contributed by atoms with Gasteiger partial charge in [-0.05, 0) is 25.5 Å². The summed E-state index contributed by atoms with van der Waals surface area (Å²) in [5.74, 6) is 1.18. The monoisotopic (exact) mass is 280 g/mol. The zero-order valence-corrected chi connectivity index (χ0v) is 12.0. The average molecular weight is 281 g/mol. The second-order valence-electron chi connectivity index (χ2n) is 4.43. The molecule has 19 heavy (non-hydrogen) atoms. The number of nitrogens with one attached hydrogen (secondary N) is 1. The third-order valence-corrected chi connectivity index (χ3v) is 3.37. The molecule has 6 heteroatoms. The second-order valence-corrected chi connectivity index (χ2v) is 4.81. The molecule has 0 saturated carbocycles. The highest BCUT2D eigenvalue weighted by atomic mass is 35.5. The van der Waals surface area contributed by atoms with Crippen molar-refractivity contribution in [3.63, 3.8) is 0 Å². The van der Waals surface area contributed by atoms with Crippen molar-refractivity contribution in [2.45, 2.75) is 26.3 Å². The normalized spacial score (nSPS) is 12.6. The Morgan fingerprint density at radius 2 is 2.32 bits per heavy atom. The predicted octanol–water partition coefficient (Wildman–Crippen LogP) is 1.83. The number of amides is 1. The van der Waals surface area contributed by atoms with E-state index in [0.717, 1.165) is 22.6 Å². The molecule has 0 saturated heterocycles. The Hall–Kier alpha value is -1.62. The minimum Gasteiger partial charge on any atom is -0.357 e. The van der Waals surface area contributed by atoms with Crippen molar-refractivity contribution in [1.82, 2.24) is 19.9 Å². The van der Waals surface area contributed by atoms with Gasteiger partial charge in [0.25, 0.3) is 0 Å². The van der Waals surface area contributed by atoms with E-state index in [1.807, 2.05) is 24.5 Å². The van der Waals surface area contributed by atoms with E-state index in [-0.39, 0.29) is 11.9 Å². The molecule has 2 rings (SSSR count). The fourth-order valence-corrected chi connectivity index (χ4v) is 2.32. The standard InChI is InChI=1S/C13H17ClN4O/c1-8-5-7-16-12-11(8)17-10(4-6-14)18(12)9(2)13(19)15-3/h5,7,9H,4,6H2,1-3H3,(H,15,19).